The van der Waals surface area contributed by atoms with Gasteiger partial charge < -0.3 is 5.73 Å². The maximum absolute atomic E-state index is 5.51. The SMILES string of the molecule is BrBr.Brc1ccc(Cc2ccc(Br)c3nnsc23)c2snnc12.Brc1cccc2nnsc12.C[CH2][Sn]([CH3])([CH3])[CH3].Nc1cccc(Br)c1S.c1cc(Cc2cccc3nnsc23)c2snnc2c1. The molecule has 0 amide bonds. The van der Waals surface area contributed by atoms with Crippen molar-refractivity contribution in [1.82, 2.24) is 47.9 Å². The maximum Gasteiger partial charge on any atom is 0.106 e. The van der Waals surface area contributed by atoms with E-state index in [9.17, 15) is 0 Å². The monoisotopic (exact) mass is 1490 g/mol. The van der Waals surface area contributed by atoms with Crippen molar-refractivity contribution >= 4 is 237 Å². The molecule has 0 fully saturated rings. The van der Waals surface area contributed by atoms with Gasteiger partial charge in [-0.2, -0.15) is 0 Å². The van der Waals surface area contributed by atoms with Crippen molar-refractivity contribution < 1.29 is 0 Å². The molecule has 24 heteroatoms. The summed E-state index contributed by atoms with van der Waals surface area (Å²) in [6.45, 7) is 2.30. The van der Waals surface area contributed by atoms with E-state index >= 15 is 0 Å². The second-order valence-electron chi connectivity index (χ2n) is 15.2. The van der Waals surface area contributed by atoms with Gasteiger partial charge >= 0.3 is 44.6 Å². The van der Waals surface area contributed by atoms with Gasteiger partial charge in [-0.1, -0.05) is 71.0 Å². The van der Waals surface area contributed by atoms with Crippen molar-refractivity contribution in [2.45, 2.75) is 43.9 Å². The molecule has 5 aromatic heterocycles. The zero-order valence-electron chi connectivity index (χ0n) is 35.7. The van der Waals surface area contributed by atoms with Crippen LogP contribution in [0.25, 0.3) is 51.1 Å². The van der Waals surface area contributed by atoms with Crippen molar-refractivity contribution in [3.8, 4) is 0 Å². The van der Waals surface area contributed by atoms with Crippen LogP contribution in [0.1, 0.15) is 29.2 Å². The molecular weight excluding hydrogens is 1460 g/mol. The molecular formula is C43H37Br6N11S6Sn. The molecule has 0 unspecified atom stereocenters. The number of rotatable bonds is 5. The Bertz CT molecular complexity index is 3170. The molecule has 11 aromatic rings. The van der Waals surface area contributed by atoms with Crippen LogP contribution < -0.4 is 5.73 Å². The molecule has 6 aromatic carbocycles. The van der Waals surface area contributed by atoms with Crippen LogP contribution in [0.4, 0.5) is 5.69 Å². The minimum Gasteiger partial charge on any atom is -0.398 e. The average Bonchev–Trinajstić information content (AvgIpc) is 4.19. The molecule has 0 aliphatic heterocycles. The van der Waals surface area contributed by atoms with E-state index in [4.69, 9.17) is 5.73 Å². The second kappa shape index (κ2) is 26.6. The van der Waals surface area contributed by atoms with Gasteiger partial charge in [-0.25, -0.2) is 0 Å². The molecule has 11 rings (SSSR count). The van der Waals surface area contributed by atoms with Crippen molar-refractivity contribution in [3.63, 3.8) is 0 Å². The predicted molar refractivity (Wildman–Crippen MR) is 313 cm³/mol. The van der Waals surface area contributed by atoms with Crippen molar-refractivity contribution in [3.05, 3.63) is 137 Å². The number of hydrogen-bond donors (Lipinski definition) is 2. The number of anilines is 1. The first-order valence-electron chi connectivity index (χ1n) is 19.7. The van der Waals surface area contributed by atoms with Crippen LogP contribution in [-0.2, 0) is 12.8 Å². The first-order valence-corrected chi connectivity index (χ1v) is 41.5. The Hall–Kier alpha value is -1.75. The number of hydrogen-bond acceptors (Lipinski definition) is 17. The van der Waals surface area contributed by atoms with Gasteiger partial charge in [0.05, 0.1) is 23.5 Å². The van der Waals surface area contributed by atoms with E-state index in [1.54, 1.807) is 0 Å². The third-order valence-electron chi connectivity index (χ3n) is 9.65. The normalized spacial score (nSPS) is 10.9. The second-order valence-corrected chi connectivity index (χ2v) is 39.5. The predicted octanol–water partition coefficient (Wildman–Crippen LogP) is 16.9. The molecule has 2 N–H and O–H groups in total. The summed E-state index contributed by atoms with van der Waals surface area (Å²) in [6.07, 6.45) is 1.68. The molecule has 67 heavy (non-hydrogen) atoms. The van der Waals surface area contributed by atoms with E-state index in [2.05, 4.69) is 199 Å². The van der Waals surface area contributed by atoms with E-state index in [1.165, 1.54) is 84.4 Å². The molecule has 0 bridgehead atoms. The molecule has 0 aliphatic rings. The Labute approximate surface area is 466 Å². The fraction of sp³-hybridized carbons (Fsp3) is 0.163. The number of fused-ring (bicyclic) bond motifs is 5. The number of aromatic nitrogens is 10. The summed E-state index contributed by atoms with van der Waals surface area (Å²) in [5.41, 5.74) is 15.9. The fourth-order valence-corrected chi connectivity index (χ4v) is 11.3. The zero-order chi connectivity index (χ0) is 48.1. The van der Waals surface area contributed by atoms with Crippen molar-refractivity contribution in [1.29, 1.82) is 0 Å². The fourth-order valence-electron chi connectivity index (χ4n) is 5.76. The summed E-state index contributed by atoms with van der Waals surface area (Å²) in [5.74, 6) is 0. The van der Waals surface area contributed by atoms with Crippen LogP contribution in [0.2, 0.25) is 19.3 Å². The maximum atomic E-state index is 5.51. The average molecular weight is 1500 g/mol. The Morgan fingerprint density at radius 2 is 0.821 bits per heavy atom. The molecule has 0 saturated heterocycles. The van der Waals surface area contributed by atoms with Crippen LogP contribution in [0.5, 0.6) is 0 Å². The van der Waals surface area contributed by atoms with Gasteiger partial charge in [0.25, 0.3) is 0 Å². The molecule has 0 spiro atoms. The van der Waals surface area contributed by atoms with Gasteiger partial charge in [0.2, 0.25) is 0 Å². The molecule has 0 atom stereocenters. The molecule has 5 heterocycles. The number of nitrogens with two attached hydrogens (primary N) is 1. The van der Waals surface area contributed by atoms with Crippen molar-refractivity contribution in [2.24, 2.45) is 0 Å². The summed E-state index contributed by atoms with van der Waals surface area (Å²) >= 11 is 29.3. The van der Waals surface area contributed by atoms with Crippen molar-refractivity contribution in [2.75, 3.05) is 5.73 Å². The van der Waals surface area contributed by atoms with Crippen LogP contribution in [0.3, 0.4) is 0 Å². The molecule has 0 radical (unpaired) electrons. The topological polar surface area (TPSA) is 155 Å². The number of benzene rings is 6. The summed E-state index contributed by atoms with van der Waals surface area (Å²) in [7, 11) is 0. The van der Waals surface area contributed by atoms with Gasteiger partial charge in [0.15, 0.2) is 0 Å². The van der Waals surface area contributed by atoms with Crippen LogP contribution in [0, 0.1) is 0 Å². The van der Waals surface area contributed by atoms with E-state index in [0.29, 0.717) is 5.69 Å². The number of halogens is 6. The smallest absolute Gasteiger partial charge is 0.106 e. The summed E-state index contributed by atoms with van der Waals surface area (Å²) in [4.78, 5) is 8.16. The third kappa shape index (κ3) is 14.9. The quantitative estimate of drug-likeness (QED) is 0.0961. The number of thiol groups is 1. The van der Waals surface area contributed by atoms with E-state index in [-0.39, 0.29) is 0 Å². The summed E-state index contributed by atoms with van der Waals surface area (Å²) in [6, 6.07) is 32.1. The Balaban J connectivity index is 0.000000147. The largest absolute Gasteiger partial charge is 0.398 e. The van der Waals surface area contributed by atoms with Gasteiger partial charge in [0, 0.05) is 69.6 Å². The van der Waals surface area contributed by atoms with E-state index < -0.39 is 18.4 Å². The number of nitrogen functional groups attached to an aromatic ring is 1. The zero-order valence-corrected chi connectivity index (χ0v) is 53.0. The van der Waals surface area contributed by atoms with Gasteiger partial charge in [-0.05, 0) is 192 Å². The summed E-state index contributed by atoms with van der Waals surface area (Å²) < 4.78 is 31.1. The Morgan fingerprint density at radius 3 is 1.24 bits per heavy atom. The first kappa shape index (κ1) is 54.6. The van der Waals surface area contributed by atoms with Gasteiger partial charge in [-0.3, -0.25) is 0 Å². The van der Waals surface area contributed by atoms with Gasteiger partial charge in [-0.15, -0.1) is 38.1 Å². The molecule has 11 nitrogen and oxygen atoms in total. The van der Waals surface area contributed by atoms with Crippen LogP contribution in [-0.4, -0.2) is 66.3 Å². The molecule has 0 saturated carbocycles. The van der Waals surface area contributed by atoms with E-state index in [0.717, 1.165) is 86.7 Å². The molecule has 346 valence electrons. The van der Waals surface area contributed by atoms with Crippen LogP contribution in [0.15, 0.2) is 120 Å². The standard InChI is InChI=1S/C13H6Br2N4S2.C13H8N4S2.C6H3BrN2S.C6H6BrNS.C2H5.3CH3.Br2.Sn/c14-8-3-1-6(12-10(8)16-18-20-12)5-7-2-4-9(15)11-13(7)21-19-17-11;1-3-8(12-10(5-1)14-16-18-12)7-9-4-2-6-11-13(9)19-17-15-11;7-4-2-1-3-5-6(4)10-9-8-5;7-4-2-1-3-5(8)6(4)9;1-2;;;;1-2;/h1-4H,5H2;1-6H,7H2;1-3H;1-3,9H,8H2;1H2,2H3;3*1H3;;. The minimum absolute atomic E-state index is 0.702. The van der Waals surface area contributed by atoms with Gasteiger partial charge in [0.1, 0.15) is 27.6 Å². The van der Waals surface area contributed by atoms with Crippen LogP contribution >= 0.6 is 162 Å². The number of nitrogens with zero attached hydrogens (tertiary/aromatic N) is 10. The minimum atomic E-state index is -1.23. The Kier molecular flexibility index (Phi) is 21.7. The third-order valence-corrected chi connectivity index (χ3v) is 23.4. The first-order chi connectivity index (χ1) is 32.3. The summed E-state index contributed by atoms with van der Waals surface area (Å²) in [5, 5.41) is 20.5. The Morgan fingerprint density at radius 1 is 0.463 bits per heavy atom. The molecule has 0 aliphatic carbocycles. The van der Waals surface area contributed by atoms with E-state index in [1.807, 2.05) is 72.8 Å².